The molecule has 2 saturated carbocycles. The summed E-state index contributed by atoms with van der Waals surface area (Å²) < 4.78 is 5.63. The largest absolute Gasteiger partial charge is 0.481 e. The topological polar surface area (TPSA) is 105 Å². The summed E-state index contributed by atoms with van der Waals surface area (Å²) >= 11 is 1.60. The molecule has 0 saturated heterocycles. The van der Waals surface area contributed by atoms with E-state index in [0.29, 0.717) is 31.4 Å². The van der Waals surface area contributed by atoms with E-state index in [1.54, 1.807) is 11.8 Å². The van der Waals surface area contributed by atoms with Crippen LogP contribution in [0.2, 0.25) is 0 Å². The highest BCUT2D eigenvalue weighted by atomic mass is 32.2. The number of aliphatic carboxylic acids is 1. The zero-order valence-electron chi connectivity index (χ0n) is 19.7. The number of rotatable bonds is 9. The van der Waals surface area contributed by atoms with Crippen LogP contribution in [0.4, 0.5) is 4.79 Å². The lowest BCUT2D eigenvalue weighted by molar-refractivity contribution is -0.143. The van der Waals surface area contributed by atoms with E-state index in [9.17, 15) is 19.5 Å². The van der Waals surface area contributed by atoms with Crippen LogP contribution in [0.3, 0.4) is 0 Å². The number of hydrogen-bond donors (Lipinski definition) is 3. The molecule has 184 valence electrons. The van der Waals surface area contributed by atoms with Crippen molar-refractivity contribution in [3.05, 3.63) is 59.7 Å². The van der Waals surface area contributed by atoms with Crippen LogP contribution in [0.5, 0.6) is 0 Å². The average Bonchev–Trinajstić information content (AvgIpc) is 3.28. The first-order valence-corrected chi connectivity index (χ1v) is 13.5. The molecule has 0 bridgehead atoms. The highest BCUT2D eigenvalue weighted by Crippen LogP contribution is 2.63. The molecule has 0 radical (unpaired) electrons. The molecule has 4 unspecified atom stereocenters. The minimum Gasteiger partial charge on any atom is -0.481 e. The van der Waals surface area contributed by atoms with Crippen LogP contribution in [-0.2, 0) is 14.3 Å². The zero-order chi connectivity index (χ0) is 24.6. The monoisotopic (exact) mass is 494 g/mol. The van der Waals surface area contributed by atoms with Crippen molar-refractivity contribution < 1.29 is 24.2 Å². The summed E-state index contributed by atoms with van der Waals surface area (Å²) in [6, 6.07) is 15.4. The second-order valence-electron chi connectivity index (χ2n) is 9.81. The molecule has 0 aromatic heterocycles. The molecule has 0 spiro atoms. The Morgan fingerprint density at radius 1 is 1.09 bits per heavy atom. The van der Waals surface area contributed by atoms with E-state index in [2.05, 4.69) is 34.9 Å². The van der Waals surface area contributed by atoms with E-state index in [0.717, 1.165) is 22.3 Å². The third-order valence-electron chi connectivity index (χ3n) is 7.75. The van der Waals surface area contributed by atoms with Gasteiger partial charge in [0.05, 0.1) is 5.41 Å². The number of nitrogens with one attached hydrogen (secondary N) is 2. The number of amides is 2. The Kier molecular flexibility index (Phi) is 6.49. The van der Waals surface area contributed by atoms with E-state index >= 15 is 0 Å². The summed E-state index contributed by atoms with van der Waals surface area (Å²) in [5.74, 6) is -0.253. The first-order valence-electron chi connectivity index (χ1n) is 12.1. The summed E-state index contributed by atoms with van der Waals surface area (Å²) in [6.45, 7) is 0.183. The van der Waals surface area contributed by atoms with Crippen LogP contribution in [0.1, 0.15) is 42.7 Å². The first-order chi connectivity index (χ1) is 16.9. The Labute approximate surface area is 209 Å². The number of carbonyl (C=O) groups is 3. The van der Waals surface area contributed by atoms with Gasteiger partial charge in [0.15, 0.2) is 0 Å². The molecule has 0 heterocycles. The van der Waals surface area contributed by atoms with Gasteiger partial charge in [-0.3, -0.25) is 9.59 Å². The summed E-state index contributed by atoms with van der Waals surface area (Å²) in [4.78, 5) is 37.3. The maximum Gasteiger partial charge on any atom is 0.407 e. The minimum atomic E-state index is -0.769. The molecule has 5 rings (SSSR count). The Morgan fingerprint density at radius 2 is 1.74 bits per heavy atom. The molecular weight excluding hydrogens is 464 g/mol. The van der Waals surface area contributed by atoms with E-state index in [4.69, 9.17) is 4.74 Å². The molecule has 2 amide bonds. The normalized spacial score (nSPS) is 24.6. The highest BCUT2D eigenvalue weighted by Gasteiger charge is 2.65. The van der Waals surface area contributed by atoms with Crippen LogP contribution in [0.25, 0.3) is 11.1 Å². The molecule has 8 heteroatoms. The Hall–Kier alpha value is -3.00. The van der Waals surface area contributed by atoms with Gasteiger partial charge in [0, 0.05) is 12.0 Å². The predicted octanol–water partition coefficient (Wildman–Crippen LogP) is 4.02. The van der Waals surface area contributed by atoms with Gasteiger partial charge in [-0.15, -0.1) is 0 Å². The zero-order valence-corrected chi connectivity index (χ0v) is 20.5. The summed E-state index contributed by atoms with van der Waals surface area (Å²) in [7, 11) is 0. The molecule has 0 aliphatic heterocycles. The number of alkyl carbamates (subject to hydrolysis) is 1. The van der Waals surface area contributed by atoms with Crippen molar-refractivity contribution in [3.8, 4) is 11.1 Å². The fourth-order valence-electron chi connectivity index (χ4n) is 5.85. The molecular formula is C27H30N2O5S. The third-order valence-corrected chi connectivity index (χ3v) is 8.39. The van der Waals surface area contributed by atoms with Gasteiger partial charge in [0.2, 0.25) is 5.91 Å². The SMILES string of the molecule is CSCCC(NC(=O)OCC1c2ccccc2-c2ccccc21)C(=O)NC1CC2CC2(C(=O)O)C1. The smallest absolute Gasteiger partial charge is 0.407 e. The van der Waals surface area contributed by atoms with Crippen LogP contribution in [0, 0.1) is 11.3 Å². The summed E-state index contributed by atoms with van der Waals surface area (Å²) in [6.07, 6.45) is 3.63. The lowest BCUT2D eigenvalue weighted by Crippen LogP contribution is -2.50. The van der Waals surface area contributed by atoms with E-state index < -0.39 is 23.5 Å². The molecule has 3 aliphatic rings. The quantitative estimate of drug-likeness (QED) is 0.487. The number of hydrogen-bond acceptors (Lipinski definition) is 5. The first kappa shape index (κ1) is 23.7. The number of carboxylic acid groups (broad SMARTS) is 1. The van der Waals surface area contributed by atoms with Crippen molar-refractivity contribution in [1.82, 2.24) is 10.6 Å². The molecule has 2 fully saturated rings. The number of fused-ring (bicyclic) bond motifs is 4. The maximum absolute atomic E-state index is 13.0. The predicted molar refractivity (Wildman–Crippen MR) is 134 cm³/mol. The van der Waals surface area contributed by atoms with E-state index in [-0.39, 0.29) is 30.4 Å². The number of thioether (sulfide) groups is 1. The summed E-state index contributed by atoms with van der Waals surface area (Å²) in [5.41, 5.74) is 3.91. The molecule has 4 atom stereocenters. The second-order valence-corrected chi connectivity index (χ2v) is 10.8. The lowest BCUT2D eigenvalue weighted by Gasteiger charge is -2.22. The minimum absolute atomic E-state index is 0.0518. The maximum atomic E-state index is 13.0. The van der Waals surface area contributed by atoms with E-state index in [1.165, 1.54) is 0 Å². The molecule has 3 N–H and O–H groups in total. The van der Waals surface area contributed by atoms with Gasteiger partial charge in [-0.25, -0.2) is 4.79 Å². The third kappa shape index (κ3) is 4.51. The summed E-state index contributed by atoms with van der Waals surface area (Å²) in [5, 5.41) is 15.2. The molecule has 7 nitrogen and oxygen atoms in total. The van der Waals surface area contributed by atoms with Crippen molar-refractivity contribution >= 4 is 29.7 Å². The van der Waals surface area contributed by atoms with Gasteiger partial charge < -0.3 is 20.5 Å². The average molecular weight is 495 g/mol. The van der Waals surface area contributed by atoms with Gasteiger partial charge in [-0.1, -0.05) is 48.5 Å². The van der Waals surface area contributed by atoms with Gasteiger partial charge in [-0.05, 0) is 65.9 Å². The van der Waals surface area contributed by atoms with Gasteiger partial charge in [-0.2, -0.15) is 11.8 Å². The molecule has 3 aliphatic carbocycles. The lowest BCUT2D eigenvalue weighted by atomic mass is 9.98. The van der Waals surface area contributed by atoms with Crippen LogP contribution in [-0.4, -0.2) is 53.8 Å². The number of ether oxygens (including phenoxy) is 1. The van der Waals surface area contributed by atoms with Crippen molar-refractivity contribution in [3.63, 3.8) is 0 Å². The number of benzene rings is 2. The second kappa shape index (κ2) is 9.57. The van der Waals surface area contributed by atoms with Crippen LogP contribution < -0.4 is 10.6 Å². The van der Waals surface area contributed by atoms with E-state index in [1.807, 2.05) is 30.5 Å². The Morgan fingerprint density at radius 3 is 2.34 bits per heavy atom. The molecule has 35 heavy (non-hydrogen) atoms. The van der Waals surface area contributed by atoms with Crippen molar-refractivity contribution in [2.75, 3.05) is 18.6 Å². The fraction of sp³-hybridized carbons (Fsp3) is 0.444. The number of carbonyl (C=O) groups excluding carboxylic acids is 2. The van der Waals surface area contributed by atoms with Gasteiger partial charge >= 0.3 is 12.1 Å². The highest BCUT2D eigenvalue weighted by molar-refractivity contribution is 7.98. The van der Waals surface area contributed by atoms with Gasteiger partial charge in [0.1, 0.15) is 12.6 Å². The van der Waals surface area contributed by atoms with Crippen molar-refractivity contribution in [2.24, 2.45) is 11.3 Å². The van der Waals surface area contributed by atoms with Crippen LogP contribution >= 0.6 is 11.8 Å². The van der Waals surface area contributed by atoms with Crippen molar-refractivity contribution in [1.29, 1.82) is 0 Å². The van der Waals surface area contributed by atoms with Gasteiger partial charge in [0.25, 0.3) is 0 Å². The Bertz CT molecular complexity index is 1110. The van der Waals surface area contributed by atoms with Crippen molar-refractivity contribution in [2.45, 2.75) is 43.7 Å². The van der Waals surface area contributed by atoms with Crippen LogP contribution in [0.15, 0.2) is 48.5 Å². The fourth-order valence-corrected chi connectivity index (χ4v) is 6.33. The molecule has 2 aromatic rings. The Balaban J connectivity index is 1.19. The molecule has 2 aromatic carbocycles. The number of carboxylic acids is 1. The standard InChI is InChI=1S/C27H30N2O5S/c1-35-11-10-23(24(30)28-17-12-16-13-27(16,14-17)25(31)32)29-26(33)34-15-22-20-8-4-2-6-18(20)19-7-3-5-9-21(19)22/h2-9,16-17,22-23H,10-15H2,1H3,(H,28,30)(H,29,33)(H,31,32).